The molecule has 0 fully saturated rings. The molecule has 0 amide bonds. The van der Waals surface area contributed by atoms with E-state index >= 15 is 0 Å². The minimum atomic E-state index is -0.566. The van der Waals surface area contributed by atoms with Gasteiger partial charge >= 0.3 is 0 Å². The summed E-state index contributed by atoms with van der Waals surface area (Å²) in [7, 11) is 0. The van der Waals surface area contributed by atoms with Gasteiger partial charge in [0.25, 0.3) is 0 Å². The Morgan fingerprint density at radius 2 is 2.06 bits per heavy atom. The molecule has 0 bridgehead atoms. The number of hydrogen-bond donors (Lipinski definition) is 0. The van der Waals surface area contributed by atoms with Crippen LogP contribution in [0.3, 0.4) is 0 Å². The lowest BCUT2D eigenvalue weighted by Gasteiger charge is -2.23. The fourth-order valence-corrected chi connectivity index (χ4v) is 1.75. The number of carbonyl (C=O) groups is 1. The van der Waals surface area contributed by atoms with Crippen LogP contribution in [0.1, 0.15) is 36.7 Å². The van der Waals surface area contributed by atoms with Crippen molar-refractivity contribution in [1.82, 2.24) is 0 Å². The van der Waals surface area contributed by atoms with Crippen LogP contribution >= 0.6 is 0 Å². The largest absolute Gasteiger partial charge is 0.466 e. The summed E-state index contributed by atoms with van der Waals surface area (Å²) in [6.07, 6.45) is 0. The van der Waals surface area contributed by atoms with Crippen LogP contribution in [0, 0.1) is 11.2 Å². The van der Waals surface area contributed by atoms with Crippen LogP contribution in [0.15, 0.2) is 12.1 Å². The summed E-state index contributed by atoms with van der Waals surface area (Å²) >= 11 is 0. The summed E-state index contributed by atoms with van der Waals surface area (Å²) in [6.45, 7) is 5.77. The van der Waals surface area contributed by atoms with Gasteiger partial charge in [0.1, 0.15) is 11.6 Å². The maximum atomic E-state index is 13.4. The zero-order valence-corrected chi connectivity index (χ0v) is 10.2. The molecule has 4 heteroatoms. The van der Waals surface area contributed by atoms with Crippen LogP contribution in [0.4, 0.5) is 4.39 Å². The van der Waals surface area contributed by atoms with Crippen molar-refractivity contribution >= 4 is 5.78 Å². The van der Waals surface area contributed by atoms with Crippen molar-refractivity contribution in [3.8, 4) is 5.75 Å². The van der Waals surface area contributed by atoms with Crippen LogP contribution in [0.5, 0.6) is 5.75 Å². The monoisotopic (exact) mass is 238 g/mol. The van der Waals surface area contributed by atoms with Gasteiger partial charge in [-0.15, -0.1) is 0 Å². The van der Waals surface area contributed by atoms with Crippen molar-refractivity contribution in [1.29, 1.82) is 0 Å². The fraction of sp³-hybridized carbons (Fsp3) is 0.462. The Hall–Kier alpha value is -1.42. The van der Waals surface area contributed by atoms with E-state index in [2.05, 4.69) is 0 Å². The number of rotatable bonds is 1. The Balaban J connectivity index is 2.53. The number of halogens is 1. The first-order chi connectivity index (χ1) is 7.89. The van der Waals surface area contributed by atoms with E-state index < -0.39 is 11.2 Å². The SMILES string of the molecule is CC(C)(C)C(=O)c1cc(F)cc2c1OCOC2. The Kier molecular flexibility index (Phi) is 2.91. The van der Waals surface area contributed by atoms with Crippen molar-refractivity contribution < 1.29 is 18.7 Å². The molecule has 92 valence electrons. The van der Waals surface area contributed by atoms with Crippen molar-refractivity contribution in [2.45, 2.75) is 27.4 Å². The van der Waals surface area contributed by atoms with E-state index in [1.807, 2.05) is 0 Å². The molecule has 0 saturated heterocycles. The maximum Gasteiger partial charge on any atom is 0.189 e. The third-order valence-electron chi connectivity index (χ3n) is 2.60. The lowest BCUT2D eigenvalue weighted by atomic mass is 9.85. The number of hydrogen-bond acceptors (Lipinski definition) is 3. The minimum absolute atomic E-state index is 0.100. The molecule has 1 aromatic carbocycles. The summed E-state index contributed by atoms with van der Waals surface area (Å²) in [5, 5.41) is 0. The van der Waals surface area contributed by atoms with Crippen LogP contribution < -0.4 is 4.74 Å². The van der Waals surface area contributed by atoms with Crippen molar-refractivity contribution in [3.05, 3.63) is 29.1 Å². The highest BCUT2D eigenvalue weighted by atomic mass is 19.1. The standard InChI is InChI=1S/C13H15FO3/c1-13(2,3)12(15)10-5-9(14)4-8-6-16-7-17-11(8)10/h4-5H,6-7H2,1-3H3. The first-order valence-electron chi connectivity index (χ1n) is 5.47. The van der Waals surface area contributed by atoms with E-state index in [9.17, 15) is 9.18 Å². The van der Waals surface area contributed by atoms with Crippen LogP contribution in [0.2, 0.25) is 0 Å². The molecular weight excluding hydrogens is 223 g/mol. The first kappa shape index (κ1) is 12.0. The van der Waals surface area contributed by atoms with Crippen LogP contribution in [-0.4, -0.2) is 12.6 Å². The molecule has 1 aliphatic heterocycles. The number of carbonyl (C=O) groups excluding carboxylic acids is 1. The Labute approximate surface area is 99.5 Å². The molecule has 0 radical (unpaired) electrons. The third kappa shape index (κ3) is 2.31. The Morgan fingerprint density at radius 1 is 1.35 bits per heavy atom. The first-order valence-corrected chi connectivity index (χ1v) is 5.47. The van der Waals surface area contributed by atoms with Crippen molar-refractivity contribution in [2.24, 2.45) is 5.41 Å². The summed E-state index contributed by atoms with van der Waals surface area (Å²) in [5.74, 6) is -0.113. The van der Waals surface area contributed by atoms with E-state index in [-0.39, 0.29) is 19.2 Å². The quantitative estimate of drug-likeness (QED) is 0.706. The number of fused-ring (bicyclic) bond motifs is 1. The van der Waals surface area contributed by atoms with E-state index in [0.717, 1.165) is 0 Å². The molecule has 0 aromatic heterocycles. The lowest BCUT2D eigenvalue weighted by molar-refractivity contribution is -0.0171. The molecule has 3 nitrogen and oxygen atoms in total. The minimum Gasteiger partial charge on any atom is -0.466 e. The zero-order valence-electron chi connectivity index (χ0n) is 10.2. The topological polar surface area (TPSA) is 35.5 Å². The van der Waals surface area contributed by atoms with Gasteiger partial charge in [-0.3, -0.25) is 4.79 Å². The highest BCUT2D eigenvalue weighted by Gasteiger charge is 2.29. The molecule has 1 aliphatic rings. The predicted octanol–water partition coefficient (Wildman–Crippen LogP) is 2.92. The van der Waals surface area contributed by atoms with E-state index in [1.54, 1.807) is 20.8 Å². The van der Waals surface area contributed by atoms with E-state index in [0.29, 0.717) is 16.9 Å². The number of ketones is 1. The molecule has 0 saturated carbocycles. The summed E-state index contributed by atoms with van der Waals surface area (Å²) in [6, 6.07) is 2.58. The Bertz CT molecular complexity index is 460. The summed E-state index contributed by atoms with van der Waals surface area (Å²) in [4.78, 5) is 12.2. The summed E-state index contributed by atoms with van der Waals surface area (Å²) in [5.41, 5.74) is 0.322. The molecule has 1 aromatic rings. The molecule has 17 heavy (non-hydrogen) atoms. The van der Waals surface area contributed by atoms with Crippen LogP contribution in [-0.2, 0) is 11.3 Å². The molecule has 0 atom stereocenters. The second-order valence-electron chi connectivity index (χ2n) is 5.13. The van der Waals surface area contributed by atoms with Crippen LogP contribution in [0.25, 0.3) is 0 Å². The zero-order chi connectivity index (χ0) is 12.6. The van der Waals surface area contributed by atoms with Gasteiger partial charge in [-0.25, -0.2) is 4.39 Å². The van der Waals surface area contributed by atoms with Crippen molar-refractivity contribution in [3.63, 3.8) is 0 Å². The molecule has 0 unspecified atom stereocenters. The van der Waals surface area contributed by atoms with Gasteiger partial charge in [0.15, 0.2) is 12.6 Å². The Morgan fingerprint density at radius 3 is 2.71 bits per heavy atom. The predicted molar refractivity (Wildman–Crippen MR) is 60.5 cm³/mol. The van der Waals surface area contributed by atoms with Gasteiger partial charge in [-0.1, -0.05) is 20.8 Å². The molecule has 2 rings (SSSR count). The van der Waals surface area contributed by atoms with Gasteiger partial charge in [-0.05, 0) is 12.1 Å². The van der Waals surface area contributed by atoms with E-state index in [4.69, 9.17) is 9.47 Å². The van der Waals surface area contributed by atoms with Gasteiger partial charge in [-0.2, -0.15) is 0 Å². The average molecular weight is 238 g/mol. The second-order valence-corrected chi connectivity index (χ2v) is 5.13. The van der Waals surface area contributed by atoms with Gasteiger partial charge < -0.3 is 9.47 Å². The number of benzene rings is 1. The molecule has 1 heterocycles. The smallest absolute Gasteiger partial charge is 0.189 e. The normalized spacial score (nSPS) is 15.1. The molecular formula is C13H15FO3. The highest BCUT2D eigenvalue weighted by molar-refractivity contribution is 6.02. The summed E-state index contributed by atoms with van der Waals surface area (Å²) < 4.78 is 23.8. The third-order valence-corrected chi connectivity index (χ3v) is 2.60. The van der Waals surface area contributed by atoms with E-state index in [1.165, 1.54) is 12.1 Å². The lowest BCUT2D eigenvalue weighted by Crippen LogP contribution is -2.23. The number of Topliss-reactive ketones (excluding diaryl/α,β-unsaturated/α-hetero) is 1. The number of ether oxygens (including phenoxy) is 2. The maximum absolute atomic E-state index is 13.4. The van der Waals surface area contributed by atoms with Crippen molar-refractivity contribution in [2.75, 3.05) is 6.79 Å². The molecule has 0 aliphatic carbocycles. The fourth-order valence-electron chi connectivity index (χ4n) is 1.75. The van der Waals surface area contributed by atoms with Gasteiger partial charge in [0.05, 0.1) is 12.2 Å². The van der Waals surface area contributed by atoms with Gasteiger partial charge in [0, 0.05) is 11.0 Å². The van der Waals surface area contributed by atoms with Gasteiger partial charge in [0.2, 0.25) is 0 Å². The highest BCUT2D eigenvalue weighted by Crippen LogP contribution is 2.33. The molecule has 0 N–H and O–H groups in total. The molecule has 0 spiro atoms. The second kappa shape index (κ2) is 4.11. The average Bonchev–Trinajstić information content (AvgIpc) is 2.25.